The van der Waals surface area contributed by atoms with Gasteiger partial charge < -0.3 is 19.2 Å². The molecule has 1 N–H and O–H groups in total. The van der Waals surface area contributed by atoms with E-state index in [4.69, 9.17) is 9.15 Å². The Morgan fingerprint density at radius 3 is 2.39 bits per heavy atom. The molecule has 2 aromatic carbocycles. The van der Waals surface area contributed by atoms with Gasteiger partial charge in [-0.3, -0.25) is 9.59 Å². The lowest BCUT2D eigenvalue weighted by Gasteiger charge is -2.24. The Morgan fingerprint density at radius 1 is 1.11 bits per heavy atom. The number of ketones is 1. The number of aliphatic hydroxyl groups excluding tert-OH is 1. The molecule has 0 aliphatic carbocycles. The van der Waals surface area contributed by atoms with Gasteiger partial charge in [0.25, 0.3) is 11.7 Å². The topological polar surface area (TPSA) is 80.0 Å². The number of amides is 1. The highest BCUT2D eigenvalue weighted by Crippen LogP contribution is 2.41. The Balaban J connectivity index is 1.82. The number of likely N-dealkylation sites (tertiary alicyclic amines) is 1. The average molecular weight is 492 g/mol. The molecule has 36 heavy (non-hydrogen) atoms. The van der Waals surface area contributed by atoms with E-state index in [0.29, 0.717) is 34.8 Å². The fraction of sp³-hybridized carbons (Fsp3) is 0.310. The van der Waals surface area contributed by atoms with Crippen molar-refractivity contribution in [3.63, 3.8) is 0 Å². The van der Waals surface area contributed by atoms with E-state index in [0.717, 1.165) is 11.1 Å². The van der Waals surface area contributed by atoms with Gasteiger partial charge >= 0.3 is 0 Å². The van der Waals surface area contributed by atoms with Crippen LogP contribution >= 0.6 is 0 Å². The first kappa shape index (κ1) is 25.2. The molecule has 0 radical (unpaired) electrons. The molecule has 0 bridgehead atoms. The van der Waals surface area contributed by atoms with Gasteiger partial charge in [0.2, 0.25) is 0 Å². The molecule has 1 saturated heterocycles. The molecule has 1 unspecified atom stereocenters. The van der Waals surface area contributed by atoms with Gasteiger partial charge in [0, 0.05) is 12.1 Å². The molecule has 4 rings (SSSR count). The zero-order valence-electron chi connectivity index (χ0n) is 21.1. The zero-order chi connectivity index (χ0) is 26.1. The van der Waals surface area contributed by atoms with Crippen LogP contribution in [0.5, 0.6) is 5.75 Å². The largest absolute Gasteiger partial charge is 0.507 e. The summed E-state index contributed by atoms with van der Waals surface area (Å²) < 4.78 is 24.7. The van der Waals surface area contributed by atoms with Crippen LogP contribution in [0.2, 0.25) is 0 Å². The molecule has 1 aromatic heterocycles. The summed E-state index contributed by atoms with van der Waals surface area (Å²) in [6, 6.07) is 12.2. The van der Waals surface area contributed by atoms with Crippen LogP contribution in [0.15, 0.2) is 58.5 Å². The first-order valence-electron chi connectivity index (χ1n) is 11.9. The lowest BCUT2D eigenvalue weighted by atomic mass is 9.92. The summed E-state index contributed by atoms with van der Waals surface area (Å²) in [5.74, 6) is -0.273. The van der Waals surface area contributed by atoms with Crippen molar-refractivity contribution in [2.45, 2.75) is 46.1 Å². The molecule has 6 nitrogen and oxygen atoms in total. The van der Waals surface area contributed by atoms with E-state index in [2.05, 4.69) is 0 Å². The van der Waals surface area contributed by atoms with Crippen LogP contribution in [0.25, 0.3) is 5.76 Å². The first-order valence-corrected chi connectivity index (χ1v) is 11.9. The monoisotopic (exact) mass is 491 g/mol. The van der Waals surface area contributed by atoms with E-state index < -0.39 is 17.7 Å². The molecule has 1 amide bonds. The van der Waals surface area contributed by atoms with Crippen molar-refractivity contribution in [2.24, 2.45) is 0 Å². The highest BCUT2D eigenvalue weighted by atomic mass is 19.1. The standard InChI is InChI=1S/C29H30FNO5/c1-16(2)21-15-22(17(3)14-24(21)35-5)27(32)25-26(23-11-6-18(4)36-23)31(29(34)28(25)33)13-12-19-7-9-20(30)10-8-19/h6-11,14-16,26,32H,12-13H2,1-5H3/b27-25+. The van der Waals surface area contributed by atoms with E-state index in [1.165, 1.54) is 17.0 Å². The van der Waals surface area contributed by atoms with Crippen LogP contribution in [0.1, 0.15) is 59.6 Å². The Kier molecular flexibility index (Phi) is 7.02. The second-order valence-electron chi connectivity index (χ2n) is 9.38. The molecule has 1 atom stereocenters. The summed E-state index contributed by atoms with van der Waals surface area (Å²) >= 11 is 0. The number of methoxy groups -OCH3 is 1. The number of nitrogens with zero attached hydrogens (tertiary/aromatic N) is 1. The maximum absolute atomic E-state index is 13.3. The van der Waals surface area contributed by atoms with Crippen LogP contribution in [-0.4, -0.2) is 35.4 Å². The van der Waals surface area contributed by atoms with Crippen LogP contribution in [0.3, 0.4) is 0 Å². The lowest BCUT2D eigenvalue weighted by molar-refractivity contribution is -0.140. The highest BCUT2D eigenvalue weighted by molar-refractivity contribution is 6.46. The third-order valence-corrected chi connectivity index (χ3v) is 6.58. The average Bonchev–Trinajstić information content (AvgIpc) is 3.38. The van der Waals surface area contributed by atoms with Crippen molar-refractivity contribution < 1.29 is 28.2 Å². The van der Waals surface area contributed by atoms with Crippen molar-refractivity contribution >= 4 is 17.4 Å². The van der Waals surface area contributed by atoms with Gasteiger partial charge in [0.05, 0.1) is 12.7 Å². The Morgan fingerprint density at radius 2 is 1.81 bits per heavy atom. The molecule has 7 heteroatoms. The molecule has 0 spiro atoms. The summed E-state index contributed by atoms with van der Waals surface area (Å²) in [5.41, 5.74) is 2.85. The molecule has 1 aliphatic rings. The van der Waals surface area contributed by atoms with E-state index >= 15 is 0 Å². The fourth-order valence-electron chi connectivity index (χ4n) is 4.63. The Hall–Kier alpha value is -3.87. The maximum atomic E-state index is 13.3. The number of ether oxygens (including phenoxy) is 1. The van der Waals surface area contributed by atoms with Crippen LogP contribution in [0, 0.1) is 19.7 Å². The molecule has 3 aromatic rings. The number of benzene rings is 2. The van der Waals surface area contributed by atoms with Crippen molar-refractivity contribution in [2.75, 3.05) is 13.7 Å². The molecular weight excluding hydrogens is 461 g/mol. The maximum Gasteiger partial charge on any atom is 0.295 e. The summed E-state index contributed by atoms with van der Waals surface area (Å²) in [4.78, 5) is 27.9. The van der Waals surface area contributed by atoms with E-state index in [1.807, 2.05) is 32.9 Å². The Bertz CT molecular complexity index is 1340. The van der Waals surface area contributed by atoms with Crippen molar-refractivity contribution in [3.05, 3.63) is 93.7 Å². The van der Waals surface area contributed by atoms with Gasteiger partial charge in [0.15, 0.2) is 0 Å². The van der Waals surface area contributed by atoms with E-state index in [1.54, 1.807) is 38.3 Å². The number of hydrogen-bond acceptors (Lipinski definition) is 5. The number of halogens is 1. The van der Waals surface area contributed by atoms with Crippen molar-refractivity contribution in [3.8, 4) is 5.75 Å². The SMILES string of the molecule is COc1cc(C)c(/C(O)=C2\C(=O)C(=O)N(CCc3ccc(F)cc3)C2c2ccc(C)o2)cc1C(C)C. The number of aliphatic hydroxyl groups is 1. The molecule has 1 fully saturated rings. The third kappa shape index (κ3) is 4.65. The lowest BCUT2D eigenvalue weighted by Crippen LogP contribution is -2.31. The normalized spacial score (nSPS) is 17.3. The summed E-state index contributed by atoms with van der Waals surface area (Å²) in [7, 11) is 1.59. The van der Waals surface area contributed by atoms with Gasteiger partial charge in [-0.2, -0.15) is 0 Å². The minimum atomic E-state index is -0.886. The highest BCUT2D eigenvalue weighted by Gasteiger charge is 2.47. The summed E-state index contributed by atoms with van der Waals surface area (Å²) in [6.45, 7) is 7.80. The third-order valence-electron chi connectivity index (χ3n) is 6.58. The number of hydrogen-bond donors (Lipinski definition) is 1. The van der Waals surface area contributed by atoms with Crippen LogP contribution in [-0.2, 0) is 16.0 Å². The second kappa shape index (κ2) is 10.0. The van der Waals surface area contributed by atoms with E-state index in [9.17, 15) is 19.1 Å². The summed E-state index contributed by atoms with van der Waals surface area (Å²) in [6.07, 6.45) is 0.405. The molecule has 1 aliphatic heterocycles. The molecule has 0 saturated carbocycles. The summed E-state index contributed by atoms with van der Waals surface area (Å²) in [5, 5.41) is 11.5. The zero-order valence-corrected chi connectivity index (χ0v) is 21.1. The van der Waals surface area contributed by atoms with Crippen LogP contribution < -0.4 is 4.74 Å². The fourth-order valence-corrected chi connectivity index (χ4v) is 4.63. The minimum Gasteiger partial charge on any atom is -0.507 e. The number of carbonyl (C=O) groups excluding carboxylic acids is 2. The van der Waals surface area contributed by atoms with Gasteiger partial charge in [-0.25, -0.2) is 4.39 Å². The van der Waals surface area contributed by atoms with Crippen molar-refractivity contribution in [1.82, 2.24) is 4.90 Å². The minimum absolute atomic E-state index is 0.0172. The molecule has 188 valence electrons. The van der Waals surface area contributed by atoms with Gasteiger partial charge in [0.1, 0.15) is 34.9 Å². The number of rotatable bonds is 7. The van der Waals surface area contributed by atoms with E-state index in [-0.39, 0.29) is 29.6 Å². The number of aryl methyl sites for hydroxylation is 2. The Labute approximate surface area is 210 Å². The number of carbonyl (C=O) groups is 2. The number of furan rings is 1. The number of Topliss-reactive ketones (excluding diaryl/α,β-unsaturated/α-hetero) is 1. The van der Waals surface area contributed by atoms with Crippen LogP contribution in [0.4, 0.5) is 4.39 Å². The van der Waals surface area contributed by atoms with Gasteiger partial charge in [-0.15, -0.1) is 0 Å². The quantitative estimate of drug-likeness (QED) is 0.255. The van der Waals surface area contributed by atoms with Crippen molar-refractivity contribution in [1.29, 1.82) is 0 Å². The van der Waals surface area contributed by atoms with Gasteiger partial charge in [-0.1, -0.05) is 26.0 Å². The molecule has 2 heterocycles. The predicted octanol–water partition coefficient (Wildman–Crippen LogP) is 5.83. The van der Waals surface area contributed by atoms with Gasteiger partial charge in [-0.05, 0) is 79.3 Å². The molecular formula is C29H30FNO5. The predicted molar refractivity (Wildman–Crippen MR) is 134 cm³/mol. The second-order valence-corrected chi connectivity index (χ2v) is 9.38. The first-order chi connectivity index (χ1) is 17.1. The smallest absolute Gasteiger partial charge is 0.295 e.